The number of hydrogen-bond donors (Lipinski definition) is 1. The van der Waals surface area contributed by atoms with Crippen LogP contribution < -0.4 is 10.1 Å². The maximum absolute atomic E-state index is 11.6. The largest absolute Gasteiger partial charge is 0.439 e. The van der Waals surface area contributed by atoms with E-state index < -0.39 is 6.03 Å². The minimum Gasteiger partial charge on any atom is -0.439 e. The molecular weight excluding hydrogens is 320 g/mol. The van der Waals surface area contributed by atoms with Crippen LogP contribution in [0, 0.1) is 11.3 Å². The number of anilines is 1. The van der Waals surface area contributed by atoms with E-state index in [1.54, 1.807) is 30.3 Å². The smallest absolute Gasteiger partial charge is 0.345 e. The lowest BCUT2D eigenvalue weighted by atomic mass is 10.3. The van der Waals surface area contributed by atoms with Crippen LogP contribution in [0.3, 0.4) is 0 Å². The minimum absolute atomic E-state index is 0.0932. The molecule has 0 fully saturated rings. The number of rotatable bonds is 4. The molecule has 0 bridgehead atoms. The predicted molar refractivity (Wildman–Crippen MR) is 84.3 cm³/mol. The van der Waals surface area contributed by atoms with E-state index in [1.165, 1.54) is 20.2 Å². The highest BCUT2D eigenvalue weighted by Gasteiger charge is 2.08. The van der Waals surface area contributed by atoms with E-state index in [1.807, 2.05) is 6.07 Å². The molecule has 0 radical (unpaired) electrons. The summed E-state index contributed by atoms with van der Waals surface area (Å²) in [7, 11) is 2.89. The number of halogens is 1. The van der Waals surface area contributed by atoms with Gasteiger partial charge in [-0.25, -0.2) is 14.8 Å². The number of carbonyl (C=O) groups excluding carboxylic acids is 1. The zero-order valence-electron chi connectivity index (χ0n) is 12.4. The Morgan fingerprint density at radius 3 is 2.61 bits per heavy atom. The van der Waals surface area contributed by atoms with Gasteiger partial charge in [0.15, 0.2) is 5.69 Å². The van der Waals surface area contributed by atoms with Crippen LogP contribution in [0.1, 0.15) is 5.69 Å². The average molecular weight is 333 g/mol. The fourth-order valence-electron chi connectivity index (χ4n) is 1.57. The molecule has 0 saturated heterocycles. The van der Waals surface area contributed by atoms with Gasteiger partial charge < -0.3 is 10.1 Å². The summed E-state index contributed by atoms with van der Waals surface area (Å²) in [4.78, 5) is 20.4. The van der Waals surface area contributed by atoms with Crippen molar-refractivity contribution < 1.29 is 14.4 Å². The topological polar surface area (TPSA) is 87.5 Å². The quantitative estimate of drug-likeness (QED) is 0.867. The number of urea groups is 1. The summed E-state index contributed by atoms with van der Waals surface area (Å²) in [6.45, 7) is 0. The van der Waals surface area contributed by atoms with Gasteiger partial charge in [0, 0.05) is 18.8 Å². The number of ether oxygens (including phenoxy) is 1. The van der Waals surface area contributed by atoms with E-state index in [0.29, 0.717) is 11.4 Å². The number of nitrogens with one attached hydrogen (secondary N) is 1. The maximum atomic E-state index is 11.6. The maximum Gasteiger partial charge on any atom is 0.345 e. The summed E-state index contributed by atoms with van der Waals surface area (Å²) in [5.41, 5.74) is 0.670. The monoisotopic (exact) mass is 332 g/mol. The SMILES string of the molecule is CON(C)C(=O)Nc1ccc(Oc2ccc(Cl)c(C#N)n2)cc1. The molecule has 0 unspecified atom stereocenters. The second kappa shape index (κ2) is 7.45. The zero-order chi connectivity index (χ0) is 16.8. The van der Waals surface area contributed by atoms with Crippen LogP contribution in [0.2, 0.25) is 5.02 Å². The standard InChI is InChI=1S/C15H13ClN4O3/c1-20(22-2)15(21)18-10-3-5-11(6-4-10)23-14-8-7-12(16)13(9-17)19-14/h3-8H,1-2H3,(H,18,21). The third-order valence-corrected chi connectivity index (χ3v) is 3.12. The van der Waals surface area contributed by atoms with Gasteiger partial charge in [0.1, 0.15) is 11.8 Å². The molecule has 0 aliphatic heterocycles. The second-order valence-electron chi connectivity index (χ2n) is 4.33. The lowest BCUT2D eigenvalue weighted by molar-refractivity contribution is -0.0598. The zero-order valence-corrected chi connectivity index (χ0v) is 13.2. The Morgan fingerprint density at radius 1 is 1.30 bits per heavy atom. The van der Waals surface area contributed by atoms with Crippen LogP contribution in [0.4, 0.5) is 10.5 Å². The van der Waals surface area contributed by atoms with Crippen molar-refractivity contribution in [3.8, 4) is 17.7 Å². The summed E-state index contributed by atoms with van der Waals surface area (Å²) >= 11 is 5.81. The van der Waals surface area contributed by atoms with Crippen molar-refractivity contribution in [2.45, 2.75) is 0 Å². The number of hydrogen-bond acceptors (Lipinski definition) is 5. The van der Waals surface area contributed by atoms with Crippen molar-refractivity contribution in [1.29, 1.82) is 5.26 Å². The van der Waals surface area contributed by atoms with Crippen LogP contribution in [-0.4, -0.2) is 30.2 Å². The highest BCUT2D eigenvalue weighted by Crippen LogP contribution is 2.24. The number of amides is 2. The Bertz CT molecular complexity index is 743. The summed E-state index contributed by atoms with van der Waals surface area (Å²) in [5, 5.41) is 12.9. The third kappa shape index (κ3) is 4.32. The van der Waals surface area contributed by atoms with Gasteiger partial charge in [0.25, 0.3) is 0 Å². The first-order valence-electron chi connectivity index (χ1n) is 6.47. The molecule has 0 atom stereocenters. The number of aromatic nitrogens is 1. The van der Waals surface area contributed by atoms with Crippen LogP contribution >= 0.6 is 11.6 Å². The van der Waals surface area contributed by atoms with Gasteiger partial charge in [-0.15, -0.1) is 0 Å². The first kappa shape index (κ1) is 16.5. The van der Waals surface area contributed by atoms with Gasteiger partial charge >= 0.3 is 6.03 Å². The number of hydroxylamine groups is 2. The van der Waals surface area contributed by atoms with Crippen LogP contribution in [-0.2, 0) is 4.84 Å². The van der Waals surface area contributed by atoms with Crippen molar-refractivity contribution in [3.63, 3.8) is 0 Å². The Hall–Kier alpha value is -2.82. The number of nitrogens with zero attached hydrogens (tertiary/aromatic N) is 3. The van der Waals surface area contributed by atoms with E-state index in [2.05, 4.69) is 10.3 Å². The molecule has 118 valence electrons. The van der Waals surface area contributed by atoms with E-state index in [9.17, 15) is 4.79 Å². The van der Waals surface area contributed by atoms with Gasteiger partial charge in [-0.2, -0.15) is 5.26 Å². The average Bonchev–Trinajstić information content (AvgIpc) is 2.57. The Labute approximate surface area is 138 Å². The van der Waals surface area contributed by atoms with Crippen LogP contribution in [0.5, 0.6) is 11.6 Å². The third-order valence-electron chi connectivity index (χ3n) is 2.81. The fourth-order valence-corrected chi connectivity index (χ4v) is 1.72. The number of pyridine rings is 1. The second-order valence-corrected chi connectivity index (χ2v) is 4.74. The molecule has 0 saturated carbocycles. The van der Waals surface area contributed by atoms with Gasteiger partial charge in [-0.3, -0.25) is 4.84 Å². The molecule has 1 aromatic heterocycles. The highest BCUT2D eigenvalue weighted by molar-refractivity contribution is 6.31. The normalized spacial score (nSPS) is 9.83. The van der Waals surface area contributed by atoms with Crippen molar-refractivity contribution in [2.75, 3.05) is 19.5 Å². The fraction of sp³-hybridized carbons (Fsp3) is 0.133. The molecule has 7 nitrogen and oxygen atoms in total. The van der Waals surface area contributed by atoms with Crippen molar-refractivity contribution >= 4 is 23.3 Å². The van der Waals surface area contributed by atoms with E-state index in [0.717, 1.165) is 5.06 Å². The Balaban J connectivity index is 2.06. The van der Waals surface area contributed by atoms with E-state index in [-0.39, 0.29) is 16.6 Å². The van der Waals surface area contributed by atoms with Crippen molar-refractivity contribution in [1.82, 2.24) is 10.0 Å². The molecule has 0 spiro atoms. The lowest BCUT2D eigenvalue weighted by Gasteiger charge is -2.14. The molecule has 2 rings (SSSR count). The van der Waals surface area contributed by atoms with Crippen molar-refractivity contribution in [3.05, 3.63) is 47.1 Å². The number of carbonyl (C=O) groups is 1. The Morgan fingerprint density at radius 2 is 2.00 bits per heavy atom. The predicted octanol–water partition coefficient (Wildman–Crippen LogP) is 3.42. The molecule has 0 aliphatic rings. The van der Waals surface area contributed by atoms with Crippen LogP contribution in [0.15, 0.2) is 36.4 Å². The van der Waals surface area contributed by atoms with Crippen LogP contribution in [0.25, 0.3) is 0 Å². The molecule has 2 aromatic rings. The Kier molecular flexibility index (Phi) is 5.36. The molecule has 1 aromatic carbocycles. The lowest BCUT2D eigenvalue weighted by Crippen LogP contribution is -2.30. The molecular formula is C15H13ClN4O3. The number of benzene rings is 1. The first-order chi connectivity index (χ1) is 11.0. The molecule has 1 heterocycles. The van der Waals surface area contributed by atoms with Gasteiger partial charge in [-0.1, -0.05) is 11.6 Å². The molecule has 1 N–H and O–H groups in total. The van der Waals surface area contributed by atoms with E-state index in [4.69, 9.17) is 26.4 Å². The summed E-state index contributed by atoms with van der Waals surface area (Å²) < 4.78 is 5.54. The van der Waals surface area contributed by atoms with Gasteiger partial charge in [-0.05, 0) is 30.3 Å². The van der Waals surface area contributed by atoms with Gasteiger partial charge in [0.05, 0.1) is 12.1 Å². The summed E-state index contributed by atoms with van der Waals surface area (Å²) in [6.07, 6.45) is 0. The first-order valence-corrected chi connectivity index (χ1v) is 6.84. The van der Waals surface area contributed by atoms with Crippen molar-refractivity contribution in [2.24, 2.45) is 0 Å². The van der Waals surface area contributed by atoms with Gasteiger partial charge in [0.2, 0.25) is 5.88 Å². The summed E-state index contributed by atoms with van der Waals surface area (Å²) in [6, 6.07) is 11.2. The molecule has 8 heteroatoms. The minimum atomic E-state index is -0.404. The number of nitriles is 1. The van der Waals surface area contributed by atoms with E-state index >= 15 is 0 Å². The summed E-state index contributed by atoms with van der Waals surface area (Å²) in [5.74, 6) is 0.753. The molecule has 23 heavy (non-hydrogen) atoms. The molecule has 2 amide bonds. The molecule has 0 aliphatic carbocycles. The highest BCUT2D eigenvalue weighted by atomic mass is 35.5.